The summed E-state index contributed by atoms with van der Waals surface area (Å²) in [4.78, 5) is 20.1. The first-order valence-electron chi connectivity index (χ1n) is 9.14. The highest BCUT2D eigenvalue weighted by Gasteiger charge is 2.25. The normalized spacial score (nSPS) is 14.7. The van der Waals surface area contributed by atoms with Crippen LogP contribution in [-0.2, 0) is 4.74 Å². The zero-order chi connectivity index (χ0) is 20.4. The summed E-state index contributed by atoms with van der Waals surface area (Å²) >= 11 is 1.15. The van der Waals surface area contributed by atoms with E-state index in [9.17, 15) is 10.1 Å². The highest BCUT2D eigenvalue weighted by molar-refractivity contribution is 7.21. The molecule has 3 aromatic heterocycles. The molecular weight excluding hydrogens is 392 g/mol. The monoisotopic (exact) mass is 412 g/mol. The van der Waals surface area contributed by atoms with Crippen LogP contribution in [0.5, 0.6) is 0 Å². The maximum atomic E-state index is 12.7. The Morgan fingerprint density at radius 2 is 2.17 bits per heavy atom. The van der Waals surface area contributed by atoms with Crippen molar-refractivity contribution in [2.45, 2.75) is 0 Å². The molecule has 1 amide bonds. The summed E-state index contributed by atoms with van der Waals surface area (Å²) < 4.78 is 10.8. The van der Waals surface area contributed by atoms with Gasteiger partial charge in [-0.15, -0.1) is 11.3 Å². The van der Waals surface area contributed by atoms with E-state index in [4.69, 9.17) is 20.6 Å². The molecule has 5 N–H and O–H groups in total. The Labute approximate surface area is 170 Å². The van der Waals surface area contributed by atoms with Crippen LogP contribution in [0.2, 0.25) is 0 Å². The van der Waals surface area contributed by atoms with Crippen molar-refractivity contribution in [2.24, 2.45) is 0 Å². The lowest BCUT2D eigenvalue weighted by Gasteiger charge is -2.26. The molecule has 0 bridgehead atoms. The molecule has 150 valence electrons. The Kier molecular flexibility index (Phi) is 5.35. The van der Waals surface area contributed by atoms with Gasteiger partial charge < -0.3 is 25.9 Å². The summed E-state index contributed by atoms with van der Waals surface area (Å²) in [5.41, 5.74) is 13.2. The SMILES string of the molecule is N#Cc1c(N)nc2sc(C(=O)NCCN3CCOCC3)c(N)c2c1-c1ccco1. The number of fused-ring (bicyclic) bond motifs is 1. The van der Waals surface area contributed by atoms with Gasteiger partial charge in [0.15, 0.2) is 0 Å². The number of furan rings is 1. The number of hydrogen-bond donors (Lipinski definition) is 3. The van der Waals surface area contributed by atoms with E-state index < -0.39 is 0 Å². The van der Waals surface area contributed by atoms with Crippen LogP contribution in [0.1, 0.15) is 15.2 Å². The minimum absolute atomic E-state index is 0.0759. The second-order valence-corrected chi connectivity index (χ2v) is 7.57. The van der Waals surface area contributed by atoms with Crippen LogP contribution in [0.4, 0.5) is 11.5 Å². The first-order valence-corrected chi connectivity index (χ1v) is 9.95. The molecule has 1 aliphatic heterocycles. The number of aromatic nitrogens is 1. The predicted octanol–water partition coefficient (Wildman–Crippen LogP) is 1.65. The van der Waals surface area contributed by atoms with Crippen molar-refractivity contribution in [3.8, 4) is 17.4 Å². The van der Waals surface area contributed by atoms with Crippen LogP contribution in [-0.4, -0.2) is 55.2 Å². The third kappa shape index (κ3) is 3.63. The van der Waals surface area contributed by atoms with Crippen LogP contribution in [0, 0.1) is 11.3 Å². The smallest absolute Gasteiger partial charge is 0.263 e. The van der Waals surface area contributed by atoms with Gasteiger partial charge in [0, 0.05) is 31.6 Å². The van der Waals surface area contributed by atoms with Crippen LogP contribution < -0.4 is 16.8 Å². The number of rotatable bonds is 5. The van der Waals surface area contributed by atoms with Gasteiger partial charge in [0.05, 0.1) is 30.7 Å². The van der Waals surface area contributed by atoms with Gasteiger partial charge >= 0.3 is 0 Å². The molecule has 9 nitrogen and oxygen atoms in total. The first kappa shape index (κ1) is 19.2. The average Bonchev–Trinajstić information content (AvgIpc) is 3.36. The van der Waals surface area contributed by atoms with E-state index in [0.717, 1.165) is 31.0 Å². The molecule has 4 rings (SSSR count). The van der Waals surface area contributed by atoms with E-state index in [1.807, 2.05) is 0 Å². The third-order valence-electron chi connectivity index (χ3n) is 4.81. The quantitative estimate of drug-likeness (QED) is 0.574. The standard InChI is InChI=1S/C19H20N6O3S/c20-10-11-13(12-2-1-7-28-12)14-15(21)16(29-19(14)24-17(11)22)18(26)23-3-4-25-5-8-27-9-6-25/h1-2,7H,3-6,8-9,21H2,(H2,22,24)(H,23,26). The third-order valence-corrected chi connectivity index (χ3v) is 5.91. The van der Waals surface area contributed by atoms with Crippen molar-refractivity contribution in [3.63, 3.8) is 0 Å². The number of hydrogen-bond acceptors (Lipinski definition) is 9. The van der Waals surface area contributed by atoms with Gasteiger partial charge in [0.2, 0.25) is 0 Å². The Balaban J connectivity index is 1.64. The van der Waals surface area contributed by atoms with Gasteiger partial charge in [-0.2, -0.15) is 5.26 Å². The van der Waals surface area contributed by atoms with Crippen molar-refractivity contribution < 1.29 is 13.9 Å². The molecule has 4 heterocycles. The summed E-state index contributed by atoms with van der Waals surface area (Å²) in [6, 6.07) is 5.49. The van der Waals surface area contributed by atoms with Gasteiger partial charge in [0.25, 0.3) is 5.91 Å². The van der Waals surface area contributed by atoms with Crippen LogP contribution in [0.25, 0.3) is 21.5 Å². The minimum Gasteiger partial charge on any atom is -0.464 e. The molecule has 3 aromatic rings. The number of carbonyl (C=O) groups excluding carboxylic acids is 1. The van der Waals surface area contributed by atoms with E-state index in [0.29, 0.717) is 46.2 Å². The maximum Gasteiger partial charge on any atom is 0.263 e. The van der Waals surface area contributed by atoms with Gasteiger partial charge in [-0.3, -0.25) is 9.69 Å². The largest absolute Gasteiger partial charge is 0.464 e. The lowest BCUT2D eigenvalue weighted by atomic mass is 10.0. The number of anilines is 2. The molecule has 0 unspecified atom stereocenters. The Bertz CT molecular complexity index is 1080. The van der Waals surface area contributed by atoms with E-state index >= 15 is 0 Å². The van der Waals surface area contributed by atoms with Crippen molar-refractivity contribution in [3.05, 3.63) is 28.8 Å². The molecule has 29 heavy (non-hydrogen) atoms. The number of nitrogens with two attached hydrogens (primary N) is 2. The molecule has 0 saturated carbocycles. The number of thiophene rings is 1. The molecule has 0 radical (unpaired) electrons. The summed E-state index contributed by atoms with van der Waals surface area (Å²) in [5, 5.41) is 13.0. The number of nitrogens with zero attached hydrogens (tertiary/aromatic N) is 3. The topological polar surface area (TPSA) is 143 Å². The maximum absolute atomic E-state index is 12.7. The van der Waals surface area contributed by atoms with Crippen LogP contribution in [0.15, 0.2) is 22.8 Å². The minimum atomic E-state index is -0.277. The second-order valence-electron chi connectivity index (χ2n) is 6.57. The number of amides is 1. The molecule has 0 atom stereocenters. The van der Waals surface area contributed by atoms with Gasteiger partial charge in [-0.1, -0.05) is 0 Å². The number of ether oxygens (including phenoxy) is 1. The van der Waals surface area contributed by atoms with Crippen molar-refractivity contribution in [1.29, 1.82) is 5.26 Å². The lowest BCUT2D eigenvalue weighted by molar-refractivity contribution is 0.0383. The fraction of sp³-hybridized carbons (Fsp3) is 0.316. The first-order chi connectivity index (χ1) is 14.1. The van der Waals surface area contributed by atoms with Crippen molar-refractivity contribution in [1.82, 2.24) is 15.2 Å². The summed E-state index contributed by atoms with van der Waals surface area (Å²) in [6.45, 7) is 4.36. The second kappa shape index (κ2) is 8.08. The zero-order valence-corrected chi connectivity index (χ0v) is 16.4. The summed E-state index contributed by atoms with van der Waals surface area (Å²) in [6.07, 6.45) is 1.50. The van der Waals surface area contributed by atoms with Crippen LogP contribution >= 0.6 is 11.3 Å². The van der Waals surface area contributed by atoms with E-state index in [2.05, 4.69) is 21.3 Å². The Morgan fingerprint density at radius 3 is 2.86 bits per heavy atom. The molecule has 1 fully saturated rings. The zero-order valence-electron chi connectivity index (χ0n) is 15.6. The molecule has 1 aliphatic rings. The lowest BCUT2D eigenvalue weighted by Crippen LogP contribution is -2.41. The van der Waals surface area contributed by atoms with E-state index in [1.54, 1.807) is 12.1 Å². The fourth-order valence-corrected chi connectivity index (χ4v) is 4.38. The predicted molar refractivity (Wildman–Crippen MR) is 110 cm³/mol. The fourth-order valence-electron chi connectivity index (χ4n) is 3.35. The van der Waals surface area contributed by atoms with E-state index in [1.165, 1.54) is 6.26 Å². The number of nitrogens with one attached hydrogen (secondary N) is 1. The Hall–Kier alpha value is -3.13. The molecular formula is C19H20N6O3S. The van der Waals surface area contributed by atoms with E-state index in [-0.39, 0.29) is 23.0 Å². The van der Waals surface area contributed by atoms with Gasteiger partial charge in [-0.25, -0.2) is 4.98 Å². The molecule has 1 saturated heterocycles. The van der Waals surface area contributed by atoms with Gasteiger partial charge in [-0.05, 0) is 12.1 Å². The molecule has 10 heteroatoms. The average molecular weight is 412 g/mol. The molecule has 0 spiro atoms. The highest BCUT2D eigenvalue weighted by Crippen LogP contribution is 2.42. The van der Waals surface area contributed by atoms with Gasteiger partial charge in [0.1, 0.15) is 32.9 Å². The van der Waals surface area contributed by atoms with Crippen molar-refractivity contribution >= 4 is 39.0 Å². The molecule has 0 aliphatic carbocycles. The van der Waals surface area contributed by atoms with Crippen molar-refractivity contribution in [2.75, 3.05) is 50.9 Å². The molecule has 0 aromatic carbocycles. The Morgan fingerprint density at radius 1 is 1.38 bits per heavy atom. The number of nitriles is 1. The van der Waals surface area contributed by atoms with Crippen LogP contribution in [0.3, 0.4) is 0 Å². The highest BCUT2D eigenvalue weighted by atomic mass is 32.1. The number of pyridine rings is 1. The number of carbonyl (C=O) groups is 1. The number of morpholine rings is 1. The summed E-state index contributed by atoms with van der Waals surface area (Å²) in [7, 11) is 0. The summed E-state index contributed by atoms with van der Waals surface area (Å²) in [5.74, 6) is 0.248. The number of nitrogen functional groups attached to an aromatic ring is 2.